The summed E-state index contributed by atoms with van der Waals surface area (Å²) in [7, 11) is 1.79. The van der Waals surface area contributed by atoms with Gasteiger partial charge in [-0.25, -0.2) is 9.97 Å². The fraction of sp³-hybridized carbons (Fsp3) is 0.333. The van der Waals surface area contributed by atoms with Crippen LogP contribution in [-0.2, 0) is 4.79 Å². The third-order valence-electron chi connectivity index (χ3n) is 4.90. The van der Waals surface area contributed by atoms with E-state index in [9.17, 15) is 9.59 Å². The number of anilines is 1. The summed E-state index contributed by atoms with van der Waals surface area (Å²) in [6.07, 6.45) is 4.49. The van der Waals surface area contributed by atoms with Crippen LogP contribution in [0.5, 0.6) is 0 Å². The van der Waals surface area contributed by atoms with Gasteiger partial charge in [0.2, 0.25) is 5.91 Å². The molecule has 142 valence electrons. The highest BCUT2D eigenvalue weighted by atomic mass is 16.2. The Kier molecular flexibility index (Phi) is 4.70. The first-order valence-corrected chi connectivity index (χ1v) is 9.31. The van der Waals surface area contributed by atoms with Crippen LogP contribution >= 0.6 is 0 Å². The third kappa shape index (κ3) is 3.81. The van der Waals surface area contributed by atoms with Crippen molar-refractivity contribution < 1.29 is 9.59 Å². The molecule has 0 unspecified atom stereocenters. The van der Waals surface area contributed by atoms with E-state index in [1.54, 1.807) is 18.1 Å². The molecule has 0 spiro atoms. The van der Waals surface area contributed by atoms with E-state index >= 15 is 0 Å². The number of carbonyl (C=O) groups is 2. The maximum absolute atomic E-state index is 12.0. The molecule has 3 N–H and O–H groups in total. The van der Waals surface area contributed by atoms with E-state index in [0.717, 1.165) is 36.9 Å². The topological polar surface area (TPSA) is 101 Å². The van der Waals surface area contributed by atoms with Gasteiger partial charge < -0.3 is 16.0 Å². The summed E-state index contributed by atoms with van der Waals surface area (Å²) < 4.78 is 0. The van der Waals surface area contributed by atoms with Crippen LogP contribution in [0.25, 0.3) is 11.4 Å². The molecule has 1 saturated carbocycles. The lowest BCUT2D eigenvalue weighted by Gasteiger charge is -2.09. The van der Waals surface area contributed by atoms with Crippen molar-refractivity contribution in [3.05, 3.63) is 41.7 Å². The maximum atomic E-state index is 12.0. The summed E-state index contributed by atoms with van der Waals surface area (Å²) in [6, 6.07) is 7.80. The molecule has 2 fully saturated rings. The number of likely N-dealkylation sites (tertiary alicyclic amines) is 1. The number of rotatable bonds is 4. The zero-order valence-electron chi connectivity index (χ0n) is 15.6. The molecule has 1 aliphatic heterocycles. The van der Waals surface area contributed by atoms with Gasteiger partial charge in [-0.05, 0) is 31.4 Å². The molecule has 0 bridgehead atoms. The molecule has 7 nitrogen and oxygen atoms in total. The molecule has 1 aromatic carbocycles. The summed E-state index contributed by atoms with van der Waals surface area (Å²) in [5, 5.41) is 3.23. The molecule has 7 heteroatoms. The predicted octanol–water partition coefficient (Wildman–Crippen LogP) is 1.65. The monoisotopic (exact) mass is 375 g/mol. The summed E-state index contributed by atoms with van der Waals surface area (Å²) in [4.78, 5) is 34.2. The summed E-state index contributed by atoms with van der Waals surface area (Å²) in [5.74, 6) is 5.77. The highest BCUT2D eigenvalue weighted by Gasteiger charge is 2.27. The molecule has 2 aliphatic rings. The largest absolute Gasteiger partial charge is 0.379 e. The van der Waals surface area contributed by atoms with Gasteiger partial charge in [0.1, 0.15) is 5.92 Å². The molecular formula is C21H21N5O2. The van der Waals surface area contributed by atoms with Crippen LogP contribution in [0.2, 0.25) is 0 Å². The highest BCUT2D eigenvalue weighted by Crippen LogP contribution is 2.27. The number of hydrogen-bond donors (Lipinski definition) is 2. The van der Waals surface area contributed by atoms with Crippen LogP contribution in [0.4, 0.5) is 5.69 Å². The first-order chi connectivity index (χ1) is 13.5. The Hall–Kier alpha value is -3.40. The minimum atomic E-state index is -0.591. The second-order valence-corrected chi connectivity index (χ2v) is 7.19. The minimum absolute atomic E-state index is 0.0665. The average molecular weight is 375 g/mol. The molecule has 4 rings (SSSR count). The van der Waals surface area contributed by atoms with E-state index < -0.39 is 5.91 Å². The van der Waals surface area contributed by atoms with Crippen molar-refractivity contribution in [2.75, 3.05) is 18.9 Å². The number of primary amides is 1. The van der Waals surface area contributed by atoms with Gasteiger partial charge in [0, 0.05) is 30.8 Å². The third-order valence-corrected chi connectivity index (χ3v) is 4.90. The summed E-state index contributed by atoms with van der Waals surface area (Å²) in [5.41, 5.74) is 7.76. The van der Waals surface area contributed by atoms with Crippen LogP contribution in [-0.4, -0.2) is 46.3 Å². The molecule has 2 heterocycles. The molecular weight excluding hydrogens is 354 g/mol. The second-order valence-electron chi connectivity index (χ2n) is 7.19. The summed E-state index contributed by atoms with van der Waals surface area (Å²) in [6.45, 7) is 0.739. The van der Waals surface area contributed by atoms with E-state index in [4.69, 9.17) is 5.73 Å². The number of aromatic nitrogens is 2. The van der Waals surface area contributed by atoms with Crippen molar-refractivity contribution in [3.8, 4) is 23.2 Å². The Morgan fingerprint density at radius 2 is 2.14 bits per heavy atom. The zero-order valence-corrected chi connectivity index (χ0v) is 15.6. The number of nitrogens with zero attached hydrogens (tertiary/aromatic N) is 3. The predicted molar refractivity (Wildman–Crippen MR) is 105 cm³/mol. The number of nitrogens with one attached hydrogen (secondary N) is 1. The van der Waals surface area contributed by atoms with Crippen LogP contribution in [0, 0.1) is 17.8 Å². The smallest absolute Gasteiger partial charge is 0.269 e. The van der Waals surface area contributed by atoms with E-state index in [2.05, 4.69) is 27.1 Å². The first-order valence-electron chi connectivity index (χ1n) is 9.31. The van der Waals surface area contributed by atoms with Gasteiger partial charge in [-0.3, -0.25) is 9.59 Å². The lowest BCUT2D eigenvalue weighted by atomic mass is 10.1. The molecule has 2 amide bonds. The normalized spacial score (nSPS) is 18.5. The number of amides is 2. The minimum Gasteiger partial charge on any atom is -0.379 e. The van der Waals surface area contributed by atoms with Crippen molar-refractivity contribution in [1.82, 2.24) is 14.9 Å². The van der Waals surface area contributed by atoms with Gasteiger partial charge in [0.05, 0.1) is 11.9 Å². The van der Waals surface area contributed by atoms with Gasteiger partial charge in [0.25, 0.3) is 5.91 Å². The maximum Gasteiger partial charge on any atom is 0.269 e. The van der Waals surface area contributed by atoms with Crippen molar-refractivity contribution in [3.63, 3.8) is 0 Å². The Bertz CT molecular complexity index is 1000. The first kappa shape index (κ1) is 18.0. The Morgan fingerprint density at radius 1 is 1.32 bits per heavy atom. The van der Waals surface area contributed by atoms with E-state index in [1.165, 1.54) is 0 Å². The lowest BCUT2D eigenvalue weighted by Crippen LogP contribution is -2.21. The molecule has 1 atom stereocenters. The van der Waals surface area contributed by atoms with Gasteiger partial charge in [-0.2, -0.15) is 0 Å². The number of hydrogen-bond acceptors (Lipinski definition) is 5. The number of nitrogens with two attached hydrogens (primary N) is 1. The van der Waals surface area contributed by atoms with Crippen LogP contribution in [0.3, 0.4) is 0 Å². The van der Waals surface area contributed by atoms with E-state index in [0.29, 0.717) is 17.6 Å². The van der Waals surface area contributed by atoms with E-state index in [1.807, 2.05) is 24.3 Å². The second kappa shape index (κ2) is 7.31. The van der Waals surface area contributed by atoms with Gasteiger partial charge in [-0.1, -0.05) is 24.0 Å². The molecule has 1 aromatic heterocycles. The number of benzene rings is 1. The lowest BCUT2D eigenvalue weighted by molar-refractivity contribution is -0.128. The quantitative estimate of drug-likeness (QED) is 0.791. The highest BCUT2D eigenvalue weighted by molar-refractivity contribution is 5.96. The zero-order chi connectivity index (χ0) is 19.7. The van der Waals surface area contributed by atoms with Crippen LogP contribution in [0.15, 0.2) is 30.5 Å². The van der Waals surface area contributed by atoms with Crippen molar-refractivity contribution in [2.45, 2.75) is 25.3 Å². The Morgan fingerprint density at radius 3 is 2.82 bits per heavy atom. The van der Waals surface area contributed by atoms with Crippen molar-refractivity contribution in [1.29, 1.82) is 0 Å². The molecule has 0 radical (unpaired) electrons. The Labute approximate surface area is 163 Å². The van der Waals surface area contributed by atoms with Gasteiger partial charge in [0.15, 0.2) is 11.5 Å². The molecule has 1 aliphatic carbocycles. The van der Waals surface area contributed by atoms with Crippen molar-refractivity contribution >= 4 is 17.5 Å². The van der Waals surface area contributed by atoms with Gasteiger partial charge in [-0.15, -0.1) is 0 Å². The molecule has 2 aromatic rings. The standard InChI is InChI=1S/C21H21N5O2/c1-26-10-9-14(21(26)28)6-5-13-3-2-4-15(11-13)20-23-12-17(24-16-7-8-16)18(25-20)19(22)27/h2-4,11-12,14,16,24H,7-10H2,1H3,(H2,22,27)/t14-/m1/s1. The number of carbonyl (C=O) groups excluding carboxylic acids is 2. The van der Waals surface area contributed by atoms with Crippen molar-refractivity contribution in [2.24, 2.45) is 11.7 Å². The SMILES string of the molecule is CN1CC[C@@H](C#Cc2cccc(-c3ncc(NC4CC4)c(C(N)=O)n3)c2)C1=O. The van der Waals surface area contributed by atoms with Gasteiger partial charge >= 0.3 is 0 Å². The van der Waals surface area contributed by atoms with E-state index in [-0.39, 0.29) is 17.5 Å². The molecule has 1 saturated heterocycles. The van der Waals surface area contributed by atoms with Crippen LogP contribution in [0.1, 0.15) is 35.3 Å². The molecule has 28 heavy (non-hydrogen) atoms. The Balaban J connectivity index is 1.60. The fourth-order valence-corrected chi connectivity index (χ4v) is 3.12. The van der Waals surface area contributed by atoms with Crippen LogP contribution < -0.4 is 11.1 Å². The average Bonchev–Trinajstić information content (AvgIpc) is 3.46. The fourth-order valence-electron chi connectivity index (χ4n) is 3.12. The summed E-state index contributed by atoms with van der Waals surface area (Å²) >= 11 is 0.